The van der Waals surface area contributed by atoms with Crippen molar-refractivity contribution in [1.29, 1.82) is 0 Å². The van der Waals surface area contributed by atoms with Crippen molar-refractivity contribution in [3.63, 3.8) is 0 Å². The largest absolute Gasteiger partial charge is 0.316 e. The van der Waals surface area contributed by atoms with Crippen LogP contribution in [0.15, 0.2) is 0 Å². The quantitative estimate of drug-likeness (QED) is 0.665. The average Bonchev–Trinajstić information content (AvgIpc) is 2.82. The normalized spacial score (nSPS) is 24.7. The van der Waals surface area contributed by atoms with E-state index in [1.807, 2.05) is 0 Å². The van der Waals surface area contributed by atoms with Crippen LogP contribution in [0.5, 0.6) is 0 Å². The molecule has 2 nitrogen and oxygen atoms in total. The van der Waals surface area contributed by atoms with Crippen molar-refractivity contribution >= 4 is 0 Å². The molecular formula is C15H32N2. The molecule has 0 spiro atoms. The molecule has 1 atom stereocenters. The molecule has 1 aliphatic heterocycles. The minimum atomic E-state index is 0.571. The van der Waals surface area contributed by atoms with E-state index in [0.29, 0.717) is 5.41 Å². The van der Waals surface area contributed by atoms with E-state index >= 15 is 0 Å². The van der Waals surface area contributed by atoms with Gasteiger partial charge in [-0.3, -0.25) is 0 Å². The third-order valence-electron chi connectivity index (χ3n) is 4.30. The summed E-state index contributed by atoms with van der Waals surface area (Å²) in [6.45, 7) is 13.3. The van der Waals surface area contributed by atoms with Gasteiger partial charge in [0.05, 0.1) is 0 Å². The molecule has 0 aliphatic carbocycles. The Morgan fingerprint density at radius 2 is 1.71 bits per heavy atom. The summed E-state index contributed by atoms with van der Waals surface area (Å²) >= 11 is 0. The van der Waals surface area contributed by atoms with Crippen LogP contribution in [0.2, 0.25) is 0 Å². The van der Waals surface area contributed by atoms with Crippen molar-refractivity contribution in [1.82, 2.24) is 10.2 Å². The van der Waals surface area contributed by atoms with Crippen molar-refractivity contribution < 1.29 is 0 Å². The van der Waals surface area contributed by atoms with Crippen LogP contribution < -0.4 is 5.32 Å². The minimum Gasteiger partial charge on any atom is -0.316 e. The predicted molar refractivity (Wildman–Crippen MR) is 76.5 cm³/mol. The molecule has 2 heteroatoms. The Balaban J connectivity index is 2.44. The highest BCUT2D eigenvalue weighted by molar-refractivity contribution is 4.89. The first-order valence-corrected chi connectivity index (χ1v) is 7.69. The molecule has 0 saturated carbocycles. The molecule has 102 valence electrons. The van der Waals surface area contributed by atoms with Crippen LogP contribution in [0.4, 0.5) is 0 Å². The monoisotopic (exact) mass is 240 g/mol. The fourth-order valence-electron chi connectivity index (χ4n) is 2.85. The molecule has 1 N–H and O–H groups in total. The van der Waals surface area contributed by atoms with Crippen LogP contribution in [-0.4, -0.2) is 37.6 Å². The van der Waals surface area contributed by atoms with Gasteiger partial charge >= 0.3 is 0 Å². The number of hydrogen-bond donors (Lipinski definition) is 1. The van der Waals surface area contributed by atoms with Gasteiger partial charge in [-0.25, -0.2) is 0 Å². The predicted octanol–water partition coefficient (Wildman–Crippen LogP) is 3.28. The molecule has 0 bridgehead atoms. The Hall–Kier alpha value is -0.0800. The Morgan fingerprint density at radius 3 is 2.12 bits per heavy atom. The van der Waals surface area contributed by atoms with Gasteiger partial charge in [0.2, 0.25) is 0 Å². The fraction of sp³-hybridized carbons (Fsp3) is 1.00. The number of nitrogens with one attached hydrogen (secondary N) is 1. The lowest BCUT2D eigenvalue weighted by Gasteiger charge is -2.34. The van der Waals surface area contributed by atoms with E-state index < -0.39 is 0 Å². The standard InChI is InChI=1S/C15H32N2/c1-4-7-11-17(12-8-5-2)14-15(6-3)9-10-16-13-15/h16H,4-14H2,1-3H3. The summed E-state index contributed by atoms with van der Waals surface area (Å²) in [5.41, 5.74) is 0.571. The van der Waals surface area contributed by atoms with Crippen LogP contribution in [0, 0.1) is 5.41 Å². The zero-order valence-corrected chi connectivity index (χ0v) is 12.2. The molecule has 0 aromatic heterocycles. The fourth-order valence-corrected chi connectivity index (χ4v) is 2.85. The van der Waals surface area contributed by atoms with Gasteiger partial charge in [0.15, 0.2) is 0 Å². The summed E-state index contributed by atoms with van der Waals surface area (Å²) < 4.78 is 0. The first-order valence-electron chi connectivity index (χ1n) is 7.69. The van der Waals surface area contributed by atoms with Crippen molar-refractivity contribution in [3.8, 4) is 0 Å². The van der Waals surface area contributed by atoms with Crippen molar-refractivity contribution in [3.05, 3.63) is 0 Å². The van der Waals surface area contributed by atoms with Gasteiger partial charge in [-0.2, -0.15) is 0 Å². The van der Waals surface area contributed by atoms with E-state index in [4.69, 9.17) is 0 Å². The topological polar surface area (TPSA) is 15.3 Å². The van der Waals surface area contributed by atoms with Crippen LogP contribution in [0.25, 0.3) is 0 Å². The zero-order valence-electron chi connectivity index (χ0n) is 12.2. The lowest BCUT2D eigenvalue weighted by Crippen LogP contribution is -2.40. The first-order chi connectivity index (χ1) is 8.26. The molecule has 1 aliphatic rings. The lowest BCUT2D eigenvalue weighted by molar-refractivity contribution is 0.154. The molecule has 1 fully saturated rings. The lowest BCUT2D eigenvalue weighted by atomic mass is 9.83. The van der Waals surface area contributed by atoms with E-state index in [9.17, 15) is 0 Å². The summed E-state index contributed by atoms with van der Waals surface area (Å²) in [4.78, 5) is 2.73. The van der Waals surface area contributed by atoms with Gasteiger partial charge < -0.3 is 10.2 Å². The van der Waals surface area contributed by atoms with Crippen molar-refractivity contribution in [2.45, 2.75) is 59.3 Å². The van der Waals surface area contributed by atoms with Crippen molar-refractivity contribution in [2.75, 3.05) is 32.7 Å². The summed E-state index contributed by atoms with van der Waals surface area (Å²) in [5, 5.41) is 3.55. The SMILES string of the molecule is CCCCN(CCCC)CC1(CC)CCNC1. The summed E-state index contributed by atoms with van der Waals surface area (Å²) in [5.74, 6) is 0. The van der Waals surface area contributed by atoms with Crippen LogP contribution in [0.1, 0.15) is 59.3 Å². The number of hydrogen-bond acceptors (Lipinski definition) is 2. The summed E-state index contributed by atoms with van der Waals surface area (Å²) in [6, 6.07) is 0. The second-order valence-corrected chi connectivity index (χ2v) is 5.76. The molecule has 0 aromatic carbocycles. The number of nitrogens with zero attached hydrogens (tertiary/aromatic N) is 1. The Labute approximate surface area is 108 Å². The van der Waals surface area contributed by atoms with Gasteiger partial charge in [0, 0.05) is 13.1 Å². The zero-order chi connectivity index (χ0) is 12.6. The molecule has 1 unspecified atom stereocenters. The molecule has 1 heterocycles. The molecule has 0 aromatic rings. The van der Waals surface area contributed by atoms with E-state index in [1.165, 1.54) is 71.2 Å². The van der Waals surface area contributed by atoms with Crippen LogP contribution in [-0.2, 0) is 0 Å². The molecular weight excluding hydrogens is 208 g/mol. The van der Waals surface area contributed by atoms with Gasteiger partial charge in [-0.1, -0.05) is 33.6 Å². The molecule has 0 amide bonds. The Kier molecular flexibility index (Phi) is 7.14. The maximum Gasteiger partial charge on any atom is 0.00505 e. The third-order valence-corrected chi connectivity index (χ3v) is 4.30. The minimum absolute atomic E-state index is 0.571. The smallest absolute Gasteiger partial charge is 0.00505 e. The highest BCUT2D eigenvalue weighted by Crippen LogP contribution is 2.30. The summed E-state index contributed by atoms with van der Waals surface area (Å²) in [6.07, 6.45) is 8.06. The van der Waals surface area contributed by atoms with Gasteiger partial charge in [-0.15, -0.1) is 0 Å². The van der Waals surface area contributed by atoms with E-state index in [-0.39, 0.29) is 0 Å². The first kappa shape index (κ1) is 15.0. The van der Waals surface area contributed by atoms with E-state index in [0.717, 1.165) is 0 Å². The number of rotatable bonds is 9. The van der Waals surface area contributed by atoms with Crippen LogP contribution in [0.3, 0.4) is 0 Å². The van der Waals surface area contributed by atoms with Gasteiger partial charge in [0.1, 0.15) is 0 Å². The number of unbranched alkanes of at least 4 members (excludes halogenated alkanes) is 2. The maximum atomic E-state index is 3.55. The second kappa shape index (κ2) is 8.10. The highest BCUT2D eigenvalue weighted by atomic mass is 15.1. The molecule has 1 saturated heterocycles. The molecule has 0 radical (unpaired) electrons. The Bertz CT molecular complexity index is 177. The Morgan fingerprint density at radius 1 is 1.06 bits per heavy atom. The van der Waals surface area contributed by atoms with Crippen LogP contribution >= 0.6 is 0 Å². The van der Waals surface area contributed by atoms with Gasteiger partial charge in [0.25, 0.3) is 0 Å². The summed E-state index contributed by atoms with van der Waals surface area (Å²) in [7, 11) is 0. The maximum absolute atomic E-state index is 3.55. The van der Waals surface area contributed by atoms with E-state index in [1.54, 1.807) is 0 Å². The molecule has 1 rings (SSSR count). The van der Waals surface area contributed by atoms with E-state index in [2.05, 4.69) is 31.0 Å². The third kappa shape index (κ3) is 4.97. The van der Waals surface area contributed by atoms with Gasteiger partial charge in [-0.05, 0) is 50.7 Å². The highest BCUT2D eigenvalue weighted by Gasteiger charge is 2.33. The second-order valence-electron chi connectivity index (χ2n) is 5.76. The average molecular weight is 240 g/mol. The van der Waals surface area contributed by atoms with Crippen molar-refractivity contribution in [2.24, 2.45) is 5.41 Å². The molecule has 17 heavy (non-hydrogen) atoms.